The molecule has 1 fully saturated rings. The Morgan fingerprint density at radius 2 is 2.05 bits per heavy atom. The van der Waals surface area contributed by atoms with Crippen molar-refractivity contribution in [3.05, 3.63) is 39.7 Å². The molecule has 5 heteroatoms. The van der Waals surface area contributed by atoms with Crippen LogP contribution in [-0.2, 0) is 6.54 Å². The van der Waals surface area contributed by atoms with E-state index in [9.17, 15) is 14.5 Å². The molecule has 0 aliphatic heterocycles. The monoisotopic (exact) mass is 280 g/mol. The normalized spacial score (nSPS) is 22.7. The lowest BCUT2D eigenvalue weighted by Crippen LogP contribution is -2.32. The van der Waals surface area contributed by atoms with Gasteiger partial charge in [0.05, 0.1) is 4.92 Å². The van der Waals surface area contributed by atoms with Crippen molar-refractivity contribution >= 4 is 5.69 Å². The maximum atomic E-state index is 13.9. The van der Waals surface area contributed by atoms with E-state index >= 15 is 0 Å². The van der Waals surface area contributed by atoms with Gasteiger partial charge in [-0.3, -0.25) is 10.1 Å². The van der Waals surface area contributed by atoms with Crippen LogP contribution in [0.1, 0.15) is 44.6 Å². The average molecular weight is 280 g/mol. The number of halogens is 1. The van der Waals surface area contributed by atoms with E-state index in [2.05, 4.69) is 12.2 Å². The first-order chi connectivity index (χ1) is 9.61. The van der Waals surface area contributed by atoms with Crippen molar-refractivity contribution in [2.75, 3.05) is 0 Å². The van der Waals surface area contributed by atoms with E-state index in [4.69, 9.17) is 0 Å². The lowest BCUT2D eigenvalue weighted by molar-refractivity contribution is -0.387. The molecule has 0 amide bonds. The second kappa shape index (κ2) is 6.79. The van der Waals surface area contributed by atoms with Crippen molar-refractivity contribution in [1.29, 1.82) is 0 Å². The van der Waals surface area contributed by atoms with Gasteiger partial charge in [-0.1, -0.05) is 25.5 Å². The number of hydrogen-bond acceptors (Lipinski definition) is 3. The van der Waals surface area contributed by atoms with Gasteiger partial charge in [-0.05, 0) is 31.6 Å². The molecule has 0 radical (unpaired) electrons. The highest BCUT2D eigenvalue weighted by Gasteiger charge is 2.21. The topological polar surface area (TPSA) is 55.2 Å². The van der Waals surface area contributed by atoms with E-state index in [-0.39, 0.29) is 0 Å². The average Bonchev–Trinajstić information content (AvgIpc) is 2.46. The number of benzene rings is 1. The van der Waals surface area contributed by atoms with Crippen molar-refractivity contribution in [3.8, 4) is 0 Å². The second-order valence-electron chi connectivity index (χ2n) is 5.51. The van der Waals surface area contributed by atoms with Gasteiger partial charge in [0.15, 0.2) is 0 Å². The van der Waals surface area contributed by atoms with Crippen LogP contribution < -0.4 is 5.32 Å². The number of hydrogen-bond donors (Lipinski definition) is 1. The Balaban J connectivity index is 1.92. The molecule has 0 atom stereocenters. The summed E-state index contributed by atoms with van der Waals surface area (Å²) in [6, 6.07) is 4.74. The fraction of sp³-hybridized carbons (Fsp3) is 0.600. The molecule has 1 aliphatic carbocycles. The quantitative estimate of drug-likeness (QED) is 0.659. The first-order valence-electron chi connectivity index (χ1n) is 7.27. The molecule has 0 saturated heterocycles. The van der Waals surface area contributed by atoms with E-state index < -0.39 is 16.4 Å². The minimum absolute atomic E-state index is 0.356. The highest BCUT2D eigenvalue weighted by molar-refractivity contribution is 5.36. The number of rotatable bonds is 5. The van der Waals surface area contributed by atoms with Gasteiger partial charge in [0.25, 0.3) is 0 Å². The molecule has 0 spiro atoms. The largest absolute Gasteiger partial charge is 0.310 e. The van der Waals surface area contributed by atoms with Crippen LogP contribution >= 0.6 is 0 Å². The van der Waals surface area contributed by atoms with Gasteiger partial charge in [-0.15, -0.1) is 0 Å². The summed E-state index contributed by atoms with van der Waals surface area (Å²) in [5.74, 6) is 0.106. The van der Waals surface area contributed by atoms with Crippen molar-refractivity contribution in [1.82, 2.24) is 5.32 Å². The van der Waals surface area contributed by atoms with E-state index in [1.54, 1.807) is 6.07 Å². The van der Waals surface area contributed by atoms with E-state index in [1.807, 2.05) is 0 Å². The van der Waals surface area contributed by atoms with Gasteiger partial charge < -0.3 is 5.32 Å². The van der Waals surface area contributed by atoms with E-state index in [1.165, 1.54) is 31.4 Å². The zero-order valence-corrected chi connectivity index (χ0v) is 11.8. The van der Waals surface area contributed by atoms with Crippen LogP contribution in [0.3, 0.4) is 0 Å². The highest BCUT2D eigenvalue weighted by Crippen LogP contribution is 2.27. The molecule has 1 saturated carbocycles. The molecule has 0 aromatic heterocycles. The summed E-state index contributed by atoms with van der Waals surface area (Å²) in [5, 5.41) is 14.0. The fourth-order valence-corrected chi connectivity index (χ4v) is 2.87. The molecule has 20 heavy (non-hydrogen) atoms. The predicted octanol–water partition coefficient (Wildman–Crippen LogP) is 3.79. The maximum absolute atomic E-state index is 13.9. The Morgan fingerprint density at radius 3 is 2.65 bits per heavy atom. The third-order valence-corrected chi connectivity index (χ3v) is 4.26. The third kappa shape index (κ3) is 3.54. The lowest BCUT2D eigenvalue weighted by Gasteiger charge is -2.28. The van der Waals surface area contributed by atoms with Crippen molar-refractivity contribution in [2.24, 2.45) is 5.92 Å². The van der Waals surface area contributed by atoms with Gasteiger partial charge in [0, 0.05) is 24.2 Å². The van der Waals surface area contributed by atoms with Crippen LogP contribution in [0.25, 0.3) is 0 Å². The summed E-state index contributed by atoms with van der Waals surface area (Å²) in [6.45, 7) is 2.58. The van der Waals surface area contributed by atoms with E-state index in [0.29, 0.717) is 18.2 Å². The molecule has 0 bridgehead atoms. The Bertz CT molecular complexity index is 471. The van der Waals surface area contributed by atoms with Gasteiger partial charge >= 0.3 is 5.69 Å². The predicted molar refractivity (Wildman–Crippen MR) is 75.9 cm³/mol. The highest BCUT2D eigenvalue weighted by atomic mass is 19.1. The molecule has 0 unspecified atom stereocenters. The van der Waals surface area contributed by atoms with Gasteiger partial charge in [-0.25, -0.2) is 0 Å². The number of nitrogens with zero attached hydrogens (tertiary/aromatic N) is 1. The molecule has 110 valence electrons. The molecule has 1 aromatic rings. The summed E-state index contributed by atoms with van der Waals surface area (Å²) in [6.07, 6.45) is 5.87. The van der Waals surface area contributed by atoms with Gasteiger partial charge in [0.1, 0.15) is 0 Å². The number of nitro benzene ring substituents is 1. The summed E-state index contributed by atoms with van der Waals surface area (Å²) in [4.78, 5) is 10.0. The van der Waals surface area contributed by atoms with Crippen LogP contribution in [0.4, 0.5) is 10.1 Å². The SMILES string of the molecule is CCC1CCC(NCc2cccc([N+](=O)[O-])c2F)CC1. The van der Waals surface area contributed by atoms with Gasteiger partial charge in [0.2, 0.25) is 5.82 Å². The maximum Gasteiger partial charge on any atom is 0.305 e. The summed E-state index contributed by atoms with van der Waals surface area (Å²) in [5.41, 5.74) is -0.0733. The third-order valence-electron chi connectivity index (χ3n) is 4.26. The molecule has 1 N–H and O–H groups in total. The Hall–Kier alpha value is -1.49. The molecule has 4 nitrogen and oxygen atoms in total. The van der Waals surface area contributed by atoms with Crippen LogP contribution in [0.2, 0.25) is 0 Å². The second-order valence-corrected chi connectivity index (χ2v) is 5.51. The minimum atomic E-state index is -0.716. The zero-order valence-electron chi connectivity index (χ0n) is 11.8. The molecule has 1 aromatic carbocycles. The molecule has 2 rings (SSSR count). The van der Waals surface area contributed by atoms with Crippen molar-refractivity contribution < 1.29 is 9.31 Å². The van der Waals surface area contributed by atoms with Crippen molar-refractivity contribution in [2.45, 2.75) is 51.6 Å². The van der Waals surface area contributed by atoms with Crippen molar-refractivity contribution in [3.63, 3.8) is 0 Å². The Kier molecular flexibility index (Phi) is 5.06. The summed E-state index contributed by atoms with van der Waals surface area (Å²) in [7, 11) is 0. The Labute approximate surface area is 118 Å². The van der Waals surface area contributed by atoms with E-state index in [0.717, 1.165) is 18.8 Å². The first kappa shape index (κ1) is 14.9. The van der Waals surface area contributed by atoms with Crippen LogP contribution in [0.15, 0.2) is 18.2 Å². The first-order valence-corrected chi connectivity index (χ1v) is 7.27. The molecular formula is C15H21FN2O2. The number of nitrogens with one attached hydrogen (secondary N) is 1. The lowest BCUT2D eigenvalue weighted by atomic mass is 9.84. The fourth-order valence-electron chi connectivity index (χ4n) is 2.87. The van der Waals surface area contributed by atoms with Crippen LogP contribution in [0.5, 0.6) is 0 Å². The molecule has 0 heterocycles. The molecular weight excluding hydrogens is 259 g/mol. The van der Waals surface area contributed by atoms with Gasteiger partial charge in [-0.2, -0.15) is 4.39 Å². The zero-order chi connectivity index (χ0) is 14.5. The van der Waals surface area contributed by atoms with Crippen LogP contribution in [0, 0.1) is 21.8 Å². The standard InChI is InChI=1S/C15H21FN2O2/c1-2-11-6-8-13(9-7-11)17-10-12-4-3-5-14(15(12)16)18(19)20/h3-5,11,13,17H,2,6-10H2,1H3. The number of nitro groups is 1. The minimum Gasteiger partial charge on any atom is -0.310 e. The smallest absolute Gasteiger partial charge is 0.305 e. The summed E-state index contributed by atoms with van der Waals surface area (Å²) < 4.78 is 13.9. The Morgan fingerprint density at radius 1 is 1.35 bits per heavy atom. The molecule has 1 aliphatic rings. The van der Waals surface area contributed by atoms with Crippen LogP contribution in [-0.4, -0.2) is 11.0 Å². The summed E-state index contributed by atoms with van der Waals surface area (Å²) >= 11 is 0.